The third-order valence-corrected chi connectivity index (χ3v) is 2.42. The van der Waals surface area contributed by atoms with E-state index in [-0.39, 0.29) is 6.61 Å². The highest BCUT2D eigenvalue weighted by atomic mass is 16.5. The molecule has 1 aromatic rings. The van der Waals surface area contributed by atoms with Gasteiger partial charge in [-0.2, -0.15) is 0 Å². The summed E-state index contributed by atoms with van der Waals surface area (Å²) < 4.78 is 5.04. The molecule has 0 aliphatic carbocycles. The molecule has 0 spiro atoms. The van der Waals surface area contributed by atoms with Crippen LogP contribution in [0, 0.1) is 0 Å². The Hall–Kier alpha value is -1.51. The highest BCUT2D eigenvalue weighted by Gasteiger charge is 2.03. The molecule has 0 bridgehead atoms. The zero-order valence-electron chi connectivity index (χ0n) is 9.06. The normalized spacial score (nSPS) is 12.1. The van der Waals surface area contributed by atoms with Crippen molar-refractivity contribution in [3.05, 3.63) is 29.8 Å². The van der Waals surface area contributed by atoms with Crippen molar-refractivity contribution in [2.75, 3.05) is 6.61 Å². The number of hydrogen-bond donors (Lipinski definition) is 1. The lowest BCUT2D eigenvalue weighted by Gasteiger charge is -2.09. The van der Waals surface area contributed by atoms with Gasteiger partial charge in [0.1, 0.15) is 5.75 Å². The van der Waals surface area contributed by atoms with Gasteiger partial charge in [0.15, 0.2) is 6.61 Å². The molecule has 3 heteroatoms. The smallest absolute Gasteiger partial charge is 0.341 e. The molecule has 0 saturated heterocycles. The van der Waals surface area contributed by atoms with Crippen molar-refractivity contribution in [1.29, 1.82) is 0 Å². The van der Waals surface area contributed by atoms with Crippen molar-refractivity contribution in [2.45, 2.75) is 26.2 Å². The van der Waals surface area contributed by atoms with E-state index in [9.17, 15) is 4.79 Å². The molecule has 1 aromatic carbocycles. The van der Waals surface area contributed by atoms with Gasteiger partial charge in [0, 0.05) is 0 Å². The zero-order chi connectivity index (χ0) is 11.3. The lowest BCUT2D eigenvalue weighted by molar-refractivity contribution is -0.139. The highest BCUT2D eigenvalue weighted by molar-refractivity contribution is 5.68. The van der Waals surface area contributed by atoms with Crippen LogP contribution in [0.4, 0.5) is 0 Å². The van der Waals surface area contributed by atoms with E-state index in [0.29, 0.717) is 11.7 Å². The topological polar surface area (TPSA) is 46.5 Å². The Morgan fingerprint density at radius 2 is 2.00 bits per heavy atom. The number of carbonyl (C=O) groups is 1. The predicted molar refractivity (Wildman–Crippen MR) is 58.3 cm³/mol. The van der Waals surface area contributed by atoms with Crippen LogP contribution in [0.2, 0.25) is 0 Å². The summed E-state index contributed by atoms with van der Waals surface area (Å²) in [6.45, 7) is 4.01. The van der Waals surface area contributed by atoms with E-state index in [1.54, 1.807) is 0 Å². The second-order valence-electron chi connectivity index (χ2n) is 3.56. The molecule has 0 fully saturated rings. The van der Waals surface area contributed by atoms with E-state index in [1.807, 2.05) is 24.3 Å². The van der Waals surface area contributed by atoms with Crippen LogP contribution in [-0.4, -0.2) is 17.7 Å². The molecule has 0 radical (unpaired) electrons. The van der Waals surface area contributed by atoms with Gasteiger partial charge in [0.2, 0.25) is 0 Å². The maximum atomic E-state index is 10.3. The molecule has 0 amide bonds. The van der Waals surface area contributed by atoms with Crippen molar-refractivity contribution < 1.29 is 14.6 Å². The number of carboxylic acids is 1. The van der Waals surface area contributed by atoms with E-state index < -0.39 is 5.97 Å². The second kappa shape index (κ2) is 5.39. The van der Waals surface area contributed by atoms with Gasteiger partial charge in [-0.3, -0.25) is 0 Å². The van der Waals surface area contributed by atoms with Crippen molar-refractivity contribution in [1.82, 2.24) is 0 Å². The van der Waals surface area contributed by atoms with Gasteiger partial charge >= 0.3 is 5.97 Å². The first-order valence-corrected chi connectivity index (χ1v) is 5.08. The molecular weight excluding hydrogens is 192 g/mol. The summed E-state index contributed by atoms with van der Waals surface area (Å²) in [6, 6.07) is 7.57. The fraction of sp³-hybridized carbons (Fsp3) is 0.417. The minimum Gasteiger partial charge on any atom is -0.482 e. The number of rotatable bonds is 5. The van der Waals surface area contributed by atoms with Gasteiger partial charge in [-0.25, -0.2) is 4.79 Å². The van der Waals surface area contributed by atoms with Crippen LogP contribution in [0.15, 0.2) is 24.3 Å². The van der Waals surface area contributed by atoms with Gasteiger partial charge in [-0.1, -0.05) is 26.0 Å². The van der Waals surface area contributed by atoms with E-state index in [2.05, 4.69) is 13.8 Å². The fourth-order valence-corrected chi connectivity index (χ4v) is 1.27. The first-order valence-electron chi connectivity index (χ1n) is 5.08. The molecule has 0 aromatic heterocycles. The number of hydrogen-bond acceptors (Lipinski definition) is 2. The molecule has 0 aliphatic heterocycles. The lowest BCUT2D eigenvalue weighted by Crippen LogP contribution is -2.09. The zero-order valence-corrected chi connectivity index (χ0v) is 9.06. The summed E-state index contributed by atoms with van der Waals surface area (Å²) in [5, 5.41) is 8.43. The van der Waals surface area contributed by atoms with Gasteiger partial charge < -0.3 is 9.84 Å². The Morgan fingerprint density at radius 1 is 1.40 bits per heavy atom. The Balaban J connectivity index is 2.60. The molecule has 0 saturated carbocycles. The molecule has 0 unspecified atom stereocenters. The van der Waals surface area contributed by atoms with Crippen LogP contribution in [0.3, 0.4) is 0 Å². The van der Waals surface area contributed by atoms with Crippen LogP contribution in [0.1, 0.15) is 31.7 Å². The van der Waals surface area contributed by atoms with Crippen molar-refractivity contribution in [3.63, 3.8) is 0 Å². The standard InChI is InChI=1S/C12H16O3/c1-3-9(2)10-4-6-11(7-5-10)15-8-12(13)14/h4-7,9H,3,8H2,1-2H3,(H,13,14)/t9-/m0/s1. The van der Waals surface area contributed by atoms with E-state index in [0.717, 1.165) is 6.42 Å². The first-order chi connectivity index (χ1) is 7.13. The quantitative estimate of drug-likeness (QED) is 0.809. The highest BCUT2D eigenvalue weighted by Crippen LogP contribution is 2.21. The van der Waals surface area contributed by atoms with Crippen LogP contribution >= 0.6 is 0 Å². The third-order valence-electron chi connectivity index (χ3n) is 2.42. The molecule has 0 aliphatic rings. The SMILES string of the molecule is CC[C@H](C)c1ccc(OCC(=O)O)cc1. The van der Waals surface area contributed by atoms with Gasteiger partial charge in [0.05, 0.1) is 0 Å². The Labute approximate surface area is 89.7 Å². The molecule has 3 nitrogen and oxygen atoms in total. The second-order valence-corrected chi connectivity index (χ2v) is 3.56. The fourth-order valence-electron chi connectivity index (χ4n) is 1.27. The lowest BCUT2D eigenvalue weighted by atomic mass is 9.99. The minimum atomic E-state index is -0.957. The van der Waals surface area contributed by atoms with Crippen molar-refractivity contribution in [3.8, 4) is 5.75 Å². The van der Waals surface area contributed by atoms with E-state index >= 15 is 0 Å². The Morgan fingerprint density at radius 3 is 2.47 bits per heavy atom. The largest absolute Gasteiger partial charge is 0.482 e. The molecule has 15 heavy (non-hydrogen) atoms. The number of aliphatic carboxylic acids is 1. The average Bonchev–Trinajstić information content (AvgIpc) is 2.26. The number of benzene rings is 1. The predicted octanol–water partition coefficient (Wildman–Crippen LogP) is 2.66. The summed E-state index contributed by atoms with van der Waals surface area (Å²) in [6.07, 6.45) is 1.09. The maximum absolute atomic E-state index is 10.3. The molecule has 82 valence electrons. The average molecular weight is 208 g/mol. The molecule has 1 N–H and O–H groups in total. The van der Waals surface area contributed by atoms with Gasteiger partial charge in [-0.05, 0) is 30.0 Å². The Bertz CT molecular complexity index is 316. The van der Waals surface area contributed by atoms with Crippen LogP contribution in [0.25, 0.3) is 0 Å². The molecule has 1 atom stereocenters. The number of ether oxygens (including phenoxy) is 1. The van der Waals surface area contributed by atoms with E-state index in [1.165, 1.54) is 5.56 Å². The van der Waals surface area contributed by atoms with Crippen LogP contribution < -0.4 is 4.74 Å². The van der Waals surface area contributed by atoms with Crippen molar-refractivity contribution >= 4 is 5.97 Å². The first kappa shape index (κ1) is 11.6. The Kier molecular flexibility index (Phi) is 4.16. The summed E-state index contributed by atoms with van der Waals surface area (Å²) in [7, 11) is 0. The summed E-state index contributed by atoms with van der Waals surface area (Å²) in [4.78, 5) is 10.3. The molecular formula is C12H16O3. The van der Waals surface area contributed by atoms with Gasteiger partial charge in [0.25, 0.3) is 0 Å². The molecule has 1 rings (SSSR count). The summed E-state index contributed by atoms with van der Waals surface area (Å²) in [5.41, 5.74) is 1.25. The minimum absolute atomic E-state index is 0.289. The van der Waals surface area contributed by atoms with Gasteiger partial charge in [-0.15, -0.1) is 0 Å². The maximum Gasteiger partial charge on any atom is 0.341 e. The number of carboxylic acid groups (broad SMARTS) is 1. The summed E-state index contributed by atoms with van der Waals surface area (Å²) >= 11 is 0. The third kappa shape index (κ3) is 3.62. The van der Waals surface area contributed by atoms with Crippen molar-refractivity contribution in [2.24, 2.45) is 0 Å². The monoisotopic (exact) mass is 208 g/mol. The summed E-state index contributed by atoms with van der Waals surface area (Å²) in [5.74, 6) is 0.170. The molecule has 0 heterocycles. The van der Waals surface area contributed by atoms with Crippen LogP contribution in [-0.2, 0) is 4.79 Å². The van der Waals surface area contributed by atoms with Crippen LogP contribution in [0.5, 0.6) is 5.75 Å². The van der Waals surface area contributed by atoms with E-state index in [4.69, 9.17) is 9.84 Å².